The predicted octanol–water partition coefficient (Wildman–Crippen LogP) is 3.48. The summed E-state index contributed by atoms with van der Waals surface area (Å²) in [5.41, 5.74) is 5.81. The molecule has 1 saturated carbocycles. The normalized spacial score (nSPS) is 13.8. The molecule has 0 aromatic heterocycles. The first-order valence-electron chi connectivity index (χ1n) is 6.70. The Labute approximate surface area is 106 Å². The average Bonchev–Trinajstić information content (AvgIpc) is 2.43. The van der Waals surface area contributed by atoms with Gasteiger partial charge in [-0.1, -0.05) is 75.8 Å². The molecule has 0 bridgehead atoms. The number of benzene rings is 1. The molecule has 0 radical (unpaired) electrons. The van der Waals surface area contributed by atoms with E-state index >= 15 is 0 Å². The van der Waals surface area contributed by atoms with Crippen LogP contribution in [0.2, 0.25) is 0 Å². The standard InChI is InChI=1S/C7H8O.C6H12.C2H7N/c8-6-7-4-2-1-3-5-7;1-2-4-6-5-3-1;1-2-3/h1-5,8H,6H2;1-6H2;2-3H2,1H3. The quantitative estimate of drug-likeness (QED) is 0.785. The van der Waals surface area contributed by atoms with Crippen molar-refractivity contribution in [3.8, 4) is 0 Å². The van der Waals surface area contributed by atoms with Crippen molar-refractivity contribution < 1.29 is 5.11 Å². The minimum Gasteiger partial charge on any atom is -0.392 e. The Morgan fingerprint density at radius 1 is 0.941 bits per heavy atom. The van der Waals surface area contributed by atoms with Crippen molar-refractivity contribution in [3.05, 3.63) is 35.9 Å². The van der Waals surface area contributed by atoms with Gasteiger partial charge in [0, 0.05) is 0 Å². The number of hydrogen-bond acceptors (Lipinski definition) is 2. The van der Waals surface area contributed by atoms with E-state index in [1.165, 1.54) is 38.5 Å². The van der Waals surface area contributed by atoms with Crippen LogP contribution in [0, 0.1) is 0 Å². The first-order chi connectivity index (χ1) is 8.35. The van der Waals surface area contributed by atoms with Gasteiger partial charge in [0.2, 0.25) is 0 Å². The Hall–Kier alpha value is -0.860. The molecule has 2 rings (SSSR count). The van der Waals surface area contributed by atoms with Gasteiger partial charge in [0.1, 0.15) is 0 Å². The molecule has 1 aliphatic carbocycles. The number of nitrogens with two attached hydrogens (primary N) is 1. The van der Waals surface area contributed by atoms with E-state index in [1.807, 2.05) is 37.3 Å². The third-order valence-corrected chi connectivity index (χ3v) is 2.53. The SMILES string of the molecule is C1CCCCC1.CCN.OCc1ccccc1. The van der Waals surface area contributed by atoms with Crippen LogP contribution < -0.4 is 5.73 Å². The van der Waals surface area contributed by atoms with Gasteiger partial charge in [-0.2, -0.15) is 0 Å². The second-order valence-corrected chi connectivity index (χ2v) is 4.17. The number of aliphatic hydroxyl groups excluding tert-OH is 1. The fraction of sp³-hybridized carbons (Fsp3) is 0.600. The number of rotatable bonds is 1. The van der Waals surface area contributed by atoms with Crippen molar-refractivity contribution in [1.29, 1.82) is 0 Å². The first kappa shape index (κ1) is 16.1. The van der Waals surface area contributed by atoms with Gasteiger partial charge in [0.05, 0.1) is 6.61 Å². The van der Waals surface area contributed by atoms with Crippen molar-refractivity contribution >= 4 is 0 Å². The monoisotopic (exact) mass is 237 g/mol. The highest BCUT2D eigenvalue weighted by atomic mass is 16.3. The van der Waals surface area contributed by atoms with E-state index in [0.29, 0.717) is 0 Å². The summed E-state index contributed by atoms with van der Waals surface area (Å²) in [6.45, 7) is 2.79. The minimum absolute atomic E-state index is 0.140. The van der Waals surface area contributed by atoms with Gasteiger partial charge in [-0.3, -0.25) is 0 Å². The predicted molar refractivity (Wildman–Crippen MR) is 74.8 cm³/mol. The van der Waals surface area contributed by atoms with Crippen LogP contribution in [0.1, 0.15) is 51.0 Å². The number of hydrogen-bond donors (Lipinski definition) is 2. The summed E-state index contributed by atoms with van der Waals surface area (Å²) in [6, 6.07) is 9.52. The third kappa shape index (κ3) is 11.4. The van der Waals surface area contributed by atoms with Crippen LogP contribution in [0.5, 0.6) is 0 Å². The van der Waals surface area contributed by atoms with E-state index in [-0.39, 0.29) is 6.61 Å². The third-order valence-electron chi connectivity index (χ3n) is 2.53. The Balaban J connectivity index is 0.000000252. The number of aliphatic hydroxyl groups is 1. The molecule has 0 spiro atoms. The van der Waals surface area contributed by atoms with Crippen LogP contribution in [0.4, 0.5) is 0 Å². The molecule has 2 heteroatoms. The molecule has 2 nitrogen and oxygen atoms in total. The molecule has 0 heterocycles. The van der Waals surface area contributed by atoms with Gasteiger partial charge < -0.3 is 10.8 Å². The zero-order valence-electron chi connectivity index (χ0n) is 11.1. The highest BCUT2D eigenvalue weighted by Crippen LogP contribution is 2.15. The molecule has 3 N–H and O–H groups in total. The van der Waals surface area contributed by atoms with Crippen LogP contribution >= 0.6 is 0 Å². The zero-order chi connectivity index (χ0) is 12.8. The summed E-state index contributed by atoms with van der Waals surface area (Å²) >= 11 is 0. The van der Waals surface area contributed by atoms with E-state index in [1.54, 1.807) is 0 Å². The molecule has 98 valence electrons. The first-order valence-corrected chi connectivity index (χ1v) is 6.70. The van der Waals surface area contributed by atoms with Crippen LogP contribution in [0.15, 0.2) is 30.3 Å². The smallest absolute Gasteiger partial charge is 0.0681 e. The molecule has 1 aromatic carbocycles. The summed E-state index contributed by atoms with van der Waals surface area (Å²) in [6.07, 6.45) is 9.00. The van der Waals surface area contributed by atoms with Crippen LogP contribution in [-0.4, -0.2) is 11.7 Å². The summed E-state index contributed by atoms with van der Waals surface area (Å²) in [4.78, 5) is 0. The molecule has 0 amide bonds. The van der Waals surface area contributed by atoms with Gasteiger partial charge in [-0.15, -0.1) is 0 Å². The Kier molecular flexibility index (Phi) is 12.5. The lowest BCUT2D eigenvalue weighted by atomic mass is 10.0. The maximum atomic E-state index is 8.54. The minimum atomic E-state index is 0.140. The Morgan fingerprint density at radius 2 is 1.29 bits per heavy atom. The lowest BCUT2D eigenvalue weighted by Gasteiger charge is -2.05. The largest absolute Gasteiger partial charge is 0.392 e. The van der Waals surface area contributed by atoms with E-state index in [2.05, 4.69) is 0 Å². The van der Waals surface area contributed by atoms with E-state index in [9.17, 15) is 0 Å². The van der Waals surface area contributed by atoms with Gasteiger partial charge >= 0.3 is 0 Å². The van der Waals surface area contributed by atoms with Crippen LogP contribution in [0.25, 0.3) is 0 Å². The molecule has 0 aliphatic heterocycles. The van der Waals surface area contributed by atoms with Gasteiger partial charge in [0.25, 0.3) is 0 Å². The molecule has 0 atom stereocenters. The summed E-state index contributed by atoms with van der Waals surface area (Å²) in [5, 5.41) is 8.54. The van der Waals surface area contributed by atoms with Crippen molar-refractivity contribution in [2.75, 3.05) is 6.54 Å². The fourth-order valence-corrected chi connectivity index (χ4v) is 1.64. The molecule has 0 saturated heterocycles. The highest BCUT2D eigenvalue weighted by Gasteiger charge is 1.95. The average molecular weight is 237 g/mol. The zero-order valence-corrected chi connectivity index (χ0v) is 11.1. The lowest BCUT2D eigenvalue weighted by molar-refractivity contribution is 0.282. The maximum absolute atomic E-state index is 8.54. The topological polar surface area (TPSA) is 46.2 Å². The van der Waals surface area contributed by atoms with Gasteiger partial charge in [-0.05, 0) is 12.1 Å². The second kappa shape index (κ2) is 13.2. The Morgan fingerprint density at radius 3 is 1.53 bits per heavy atom. The van der Waals surface area contributed by atoms with Crippen molar-refractivity contribution in [2.24, 2.45) is 5.73 Å². The van der Waals surface area contributed by atoms with Crippen molar-refractivity contribution in [2.45, 2.75) is 52.1 Å². The van der Waals surface area contributed by atoms with Gasteiger partial charge in [-0.25, -0.2) is 0 Å². The maximum Gasteiger partial charge on any atom is 0.0681 e. The summed E-state index contributed by atoms with van der Waals surface area (Å²) < 4.78 is 0. The van der Waals surface area contributed by atoms with Crippen LogP contribution in [0.3, 0.4) is 0 Å². The molecular formula is C15H27NO. The molecule has 17 heavy (non-hydrogen) atoms. The lowest BCUT2D eigenvalue weighted by Crippen LogP contribution is -1.87. The van der Waals surface area contributed by atoms with Crippen molar-refractivity contribution in [3.63, 3.8) is 0 Å². The van der Waals surface area contributed by atoms with Crippen LogP contribution in [-0.2, 0) is 6.61 Å². The molecule has 1 fully saturated rings. The fourth-order valence-electron chi connectivity index (χ4n) is 1.64. The molecule has 1 aliphatic rings. The van der Waals surface area contributed by atoms with E-state index in [0.717, 1.165) is 12.1 Å². The van der Waals surface area contributed by atoms with E-state index < -0.39 is 0 Å². The van der Waals surface area contributed by atoms with E-state index in [4.69, 9.17) is 10.8 Å². The molecular weight excluding hydrogens is 210 g/mol. The summed E-state index contributed by atoms with van der Waals surface area (Å²) in [5.74, 6) is 0. The second-order valence-electron chi connectivity index (χ2n) is 4.17. The molecule has 0 unspecified atom stereocenters. The molecule has 1 aromatic rings. The summed E-state index contributed by atoms with van der Waals surface area (Å²) in [7, 11) is 0. The van der Waals surface area contributed by atoms with Gasteiger partial charge in [0.15, 0.2) is 0 Å². The van der Waals surface area contributed by atoms with Crippen molar-refractivity contribution in [1.82, 2.24) is 0 Å². The highest BCUT2D eigenvalue weighted by molar-refractivity contribution is 5.12. The Bertz CT molecular complexity index is 220.